The fraction of sp³-hybridized carbons (Fsp3) is 0.316. The van der Waals surface area contributed by atoms with Gasteiger partial charge in [-0.3, -0.25) is 9.69 Å². The molecule has 7 heteroatoms. The Balaban J connectivity index is 1.75. The number of nitrogens with zero attached hydrogens (tertiary/aromatic N) is 2. The first kappa shape index (κ1) is 19.1. The first-order valence-corrected chi connectivity index (χ1v) is 9.62. The van der Waals surface area contributed by atoms with Gasteiger partial charge in [0, 0.05) is 42.2 Å². The minimum absolute atomic E-state index is 0.0423. The van der Waals surface area contributed by atoms with Gasteiger partial charge in [0.25, 0.3) is 5.91 Å². The van der Waals surface area contributed by atoms with Crippen molar-refractivity contribution in [1.29, 1.82) is 0 Å². The van der Waals surface area contributed by atoms with Gasteiger partial charge in [-0.1, -0.05) is 39.7 Å². The van der Waals surface area contributed by atoms with Crippen LogP contribution in [0.4, 0.5) is 10.1 Å². The highest BCUT2D eigenvalue weighted by atomic mass is 79.9. The second kappa shape index (κ2) is 8.37. The van der Waals surface area contributed by atoms with Crippen molar-refractivity contribution in [3.63, 3.8) is 0 Å². The highest BCUT2D eigenvalue weighted by Crippen LogP contribution is 2.29. The van der Waals surface area contributed by atoms with Crippen molar-refractivity contribution < 1.29 is 9.18 Å². The van der Waals surface area contributed by atoms with E-state index in [1.165, 1.54) is 11.6 Å². The maximum absolute atomic E-state index is 14.2. The topological polar surface area (TPSA) is 49.6 Å². The van der Waals surface area contributed by atoms with Crippen LogP contribution in [0.25, 0.3) is 0 Å². The molecular weight excluding hydrogens is 421 g/mol. The van der Waals surface area contributed by atoms with Gasteiger partial charge >= 0.3 is 0 Å². The smallest absolute Gasteiger partial charge is 0.253 e. The molecule has 1 aliphatic rings. The number of primary amides is 1. The molecule has 1 aliphatic heterocycles. The third kappa shape index (κ3) is 4.55. The molecule has 3 rings (SSSR count). The van der Waals surface area contributed by atoms with E-state index in [1.807, 2.05) is 29.2 Å². The van der Waals surface area contributed by atoms with Gasteiger partial charge in [-0.15, -0.1) is 0 Å². The van der Waals surface area contributed by atoms with Crippen LogP contribution in [0, 0.1) is 5.82 Å². The van der Waals surface area contributed by atoms with E-state index in [1.54, 1.807) is 6.07 Å². The van der Waals surface area contributed by atoms with Crippen LogP contribution in [0.2, 0.25) is 5.02 Å². The molecule has 0 aliphatic carbocycles. The summed E-state index contributed by atoms with van der Waals surface area (Å²) in [7, 11) is 0. The van der Waals surface area contributed by atoms with E-state index < -0.39 is 11.7 Å². The summed E-state index contributed by atoms with van der Waals surface area (Å²) in [6, 6.07) is 10.9. The Labute approximate surface area is 165 Å². The van der Waals surface area contributed by atoms with Gasteiger partial charge in [0.15, 0.2) is 0 Å². The van der Waals surface area contributed by atoms with Crippen LogP contribution in [0.3, 0.4) is 0 Å². The Morgan fingerprint density at radius 3 is 2.58 bits per heavy atom. The number of carbonyl (C=O) groups is 1. The number of anilines is 1. The van der Waals surface area contributed by atoms with E-state index in [2.05, 4.69) is 20.8 Å². The van der Waals surface area contributed by atoms with Crippen LogP contribution in [-0.2, 0) is 6.54 Å². The Kier molecular flexibility index (Phi) is 6.16. The van der Waals surface area contributed by atoms with Crippen molar-refractivity contribution in [2.24, 2.45) is 5.73 Å². The zero-order chi connectivity index (χ0) is 18.7. The SMILES string of the molecule is NC(=O)c1c(F)cc(Br)cc1N1CCCN(Cc2ccc(Cl)cc2)CC1. The lowest BCUT2D eigenvalue weighted by molar-refractivity contribution is 0.0997. The largest absolute Gasteiger partial charge is 0.369 e. The third-order valence-electron chi connectivity index (χ3n) is 4.53. The molecule has 0 spiro atoms. The summed E-state index contributed by atoms with van der Waals surface area (Å²) in [5.74, 6) is -1.34. The normalized spacial score (nSPS) is 15.7. The highest BCUT2D eigenvalue weighted by Gasteiger charge is 2.22. The molecule has 0 bridgehead atoms. The average Bonchev–Trinajstić information content (AvgIpc) is 2.81. The second-order valence-electron chi connectivity index (χ2n) is 6.39. The summed E-state index contributed by atoms with van der Waals surface area (Å²) in [4.78, 5) is 16.1. The molecule has 0 atom stereocenters. The molecule has 0 radical (unpaired) electrons. The van der Waals surface area contributed by atoms with Gasteiger partial charge in [-0.05, 0) is 36.2 Å². The Hall–Kier alpha value is -1.63. The zero-order valence-corrected chi connectivity index (χ0v) is 16.6. The summed E-state index contributed by atoms with van der Waals surface area (Å²) in [5, 5.41) is 0.728. The minimum atomic E-state index is -0.743. The molecule has 138 valence electrons. The predicted octanol–water partition coefficient (Wildman–Crippen LogP) is 4.05. The predicted molar refractivity (Wildman–Crippen MR) is 106 cm³/mol. The van der Waals surface area contributed by atoms with Crippen LogP contribution < -0.4 is 10.6 Å². The van der Waals surface area contributed by atoms with E-state index in [0.717, 1.165) is 37.6 Å². The van der Waals surface area contributed by atoms with E-state index in [0.29, 0.717) is 16.7 Å². The fourth-order valence-corrected chi connectivity index (χ4v) is 3.82. The Bertz CT molecular complexity index is 800. The molecule has 2 N–H and O–H groups in total. The lowest BCUT2D eigenvalue weighted by Gasteiger charge is -2.26. The molecule has 1 amide bonds. The Morgan fingerprint density at radius 2 is 1.88 bits per heavy atom. The average molecular weight is 441 g/mol. The van der Waals surface area contributed by atoms with E-state index >= 15 is 0 Å². The van der Waals surface area contributed by atoms with Crippen molar-refractivity contribution in [2.45, 2.75) is 13.0 Å². The van der Waals surface area contributed by atoms with Gasteiger partial charge in [0.05, 0.1) is 11.3 Å². The molecule has 1 saturated heterocycles. The molecule has 26 heavy (non-hydrogen) atoms. The summed E-state index contributed by atoms with van der Waals surface area (Å²) < 4.78 is 14.8. The fourth-order valence-electron chi connectivity index (χ4n) is 3.27. The summed E-state index contributed by atoms with van der Waals surface area (Å²) in [6.45, 7) is 4.02. The molecule has 4 nitrogen and oxygen atoms in total. The number of benzene rings is 2. The molecule has 0 saturated carbocycles. The van der Waals surface area contributed by atoms with Crippen molar-refractivity contribution >= 4 is 39.1 Å². The molecule has 2 aromatic carbocycles. The number of carbonyl (C=O) groups excluding carboxylic acids is 1. The maximum Gasteiger partial charge on any atom is 0.253 e. The minimum Gasteiger partial charge on any atom is -0.369 e. The number of rotatable bonds is 4. The van der Waals surface area contributed by atoms with Gasteiger partial charge < -0.3 is 10.6 Å². The zero-order valence-electron chi connectivity index (χ0n) is 14.2. The van der Waals surface area contributed by atoms with Crippen molar-refractivity contribution in [1.82, 2.24) is 4.90 Å². The van der Waals surface area contributed by atoms with Crippen LogP contribution in [0.1, 0.15) is 22.3 Å². The number of hydrogen-bond donors (Lipinski definition) is 1. The monoisotopic (exact) mass is 439 g/mol. The summed E-state index contributed by atoms with van der Waals surface area (Å²) in [6.07, 6.45) is 0.917. The van der Waals surface area contributed by atoms with Crippen LogP contribution in [0.15, 0.2) is 40.9 Å². The maximum atomic E-state index is 14.2. The number of nitrogens with two attached hydrogens (primary N) is 1. The van der Waals surface area contributed by atoms with Crippen molar-refractivity contribution in [3.8, 4) is 0 Å². The molecule has 1 heterocycles. The number of halogens is 3. The van der Waals surface area contributed by atoms with Crippen LogP contribution in [-0.4, -0.2) is 37.0 Å². The first-order valence-electron chi connectivity index (χ1n) is 8.44. The van der Waals surface area contributed by atoms with E-state index in [4.69, 9.17) is 17.3 Å². The first-order chi connectivity index (χ1) is 12.4. The molecule has 1 fully saturated rings. The van der Waals surface area contributed by atoms with Gasteiger partial charge in [0.2, 0.25) is 0 Å². The summed E-state index contributed by atoms with van der Waals surface area (Å²) >= 11 is 9.25. The molecule has 0 aromatic heterocycles. The number of hydrogen-bond acceptors (Lipinski definition) is 3. The molecule has 2 aromatic rings. The van der Waals surface area contributed by atoms with Gasteiger partial charge in [0.1, 0.15) is 5.82 Å². The number of amides is 1. The van der Waals surface area contributed by atoms with Crippen molar-refractivity contribution in [3.05, 3.63) is 62.8 Å². The molecular formula is C19H20BrClFN3O. The quantitative estimate of drug-likeness (QED) is 0.780. The summed E-state index contributed by atoms with van der Waals surface area (Å²) in [5.41, 5.74) is 7.12. The highest BCUT2D eigenvalue weighted by molar-refractivity contribution is 9.10. The standard InChI is InChI=1S/C19H20BrClFN3O/c20-14-10-16(22)18(19(23)26)17(11-14)25-7-1-6-24(8-9-25)12-13-2-4-15(21)5-3-13/h2-5,10-11H,1,6-9,12H2,(H2,23,26). The van der Waals surface area contributed by atoms with Gasteiger partial charge in [-0.2, -0.15) is 0 Å². The van der Waals surface area contributed by atoms with Gasteiger partial charge in [-0.25, -0.2) is 4.39 Å². The lowest BCUT2D eigenvalue weighted by atomic mass is 10.1. The Morgan fingerprint density at radius 1 is 1.15 bits per heavy atom. The van der Waals surface area contributed by atoms with Crippen molar-refractivity contribution in [2.75, 3.05) is 31.1 Å². The third-order valence-corrected chi connectivity index (χ3v) is 5.24. The molecule has 0 unspecified atom stereocenters. The lowest BCUT2D eigenvalue weighted by Crippen LogP contribution is -2.32. The second-order valence-corrected chi connectivity index (χ2v) is 7.74. The van der Waals surface area contributed by atoms with Crippen LogP contribution >= 0.6 is 27.5 Å². The van der Waals surface area contributed by atoms with E-state index in [9.17, 15) is 9.18 Å². The van der Waals surface area contributed by atoms with E-state index in [-0.39, 0.29) is 5.56 Å². The van der Waals surface area contributed by atoms with Crippen LogP contribution in [0.5, 0.6) is 0 Å².